The standard InChI is InChI=1S/C17H27N5O2/c1-21-11-14(10-19-21)13-5-8-22(9-6-13)12-16(23)20-15-4-2-3-7-18-17(15)24/h10-11,13,15H,2-9,12H2,1H3,(H,18,24)(H,20,23). The predicted octanol–water partition coefficient (Wildman–Crippen LogP) is 0.384. The van der Waals surface area contributed by atoms with Crippen molar-refractivity contribution in [2.45, 2.75) is 44.1 Å². The van der Waals surface area contributed by atoms with Crippen LogP contribution in [0.15, 0.2) is 12.4 Å². The number of hydrogen-bond donors (Lipinski definition) is 2. The molecule has 7 nitrogen and oxygen atoms in total. The highest BCUT2D eigenvalue weighted by Crippen LogP contribution is 2.27. The third-order valence-electron chi connectivity index (χ3n) is 5.02. The Balaban J connectivity index is 1.43. The van der Waals surface area contributed by atoms with Gasteiger partial charge >= 0.3 is 0 Å². The van der Waals surface area contributed by atoms with Crippen molar-refractivity contribution in [3.8, 4) is 0 Å². The van der Waals surface area contributed by atoms with Crippen molar-refractivity contribution in [2.75, 3.05) is 26.2 Å². The van der Waals surface area contributed by atoms with Gasteiger partial charge < -0.3 is 10.6 Å². The molecule has 2 N–H and O–H groups in total. The summed E-state index contributed by atoms with van der Waals surface area (Å²) in [5, 5.41) is 9.99. The fourth-order valence-electron chi connectivity index (χ4n) is 3.60. The quantitative estimate of drug-likeness (QED) is 0.835. The molecule has 2 fully saturated rings. The molecule has 2 saturated heterocycles. The Labute approximate surface area is 142 Å². The summed E-state index contributed by atoms with van der Waals surface area (Å²) in [7, 11) is 1.94. The maximum Gasteiger partial charge on any atom is 0.242 e. The maximum absolute atomic E-state index is 12.2. The number of amides is 2. The van der Waals surface area contributed by atoms with Gasteiger partial charge in [0.05, 0.1) is 12.7 Å². The van der Waals surface area contributed by atoms with Crippen molar-refractivity contribution < 1.29 is 9.59 Å². The van der Waals surface area contributed by atoms with Gasteiger partial charge in [0.2, 0.25) is 11.8 Å². The number of piperidine rings is 1. The van der Waals surface area contributed by atoms with Crippen LogP contribution in [0.1, 0.15) is 43.6 Å². The minimum Gasteiger partial charge on any atom is -0.354 e. The third-order valence-corrected chi connectivity index (χ3v) is 5.02. The lowest BCUT2D eigenvalue weighted by molar-refractivity contribution is -0.129. The average molecular weight is 333 g/mol. The molecular formula is C17H27N5O2. The second-order valence-corrected chi connectivity index (χ2v) is 6.90. The van der Waals surface area contributed by atoms with Gasteiger partial charge in [-0.1, -0.05) is 0 Å². The summed E-state index contributed by atoms with van der Waals surface area (Å²) < 4.78 is 1.84. The van der Waals surface area contributed by atoms with Crippen molar-refractivity contribution in [1.29, 1.82) is 0 Å². The second-order valence-electron chi connectivity index (χ2n) is 6.90. The number of carbonyl (C=O) groups excluding carboxylic acids is 2. The molecule has 3 heterocycles. The molecule has 0 bridgehead atoms. The molecular weight excluding hydrogens is 306 g/mol. The zero-order chi connectivity index (χ0) is 16.9. The van der Waals surface area contributed by atoms with E-state index < -0.39 is 0 Å². The van der Waals surface area contributed by atoms with E-state index in [2.05, 4.69) is 26.8 Å². The fraction of sp³-hybridized carbons (Fsp3) is 0.706. The number of carbonyl (C=O) groups is 2. The lowest BCUT2D eigenvalue weighted by Crippen LogP contribution is -2.49. The minimum absolute atomic E-state index is 0.0446. The molecule has 0 aliphatic carbocycles. The minimum atomic E-state index is -0.368. The van der Waals surface area contributed by atoms with Crippen LogP contribution in [-0.4, -0.2) is 58.7 Å². The summed E-state index contributed by atoms with van der Waals surface area (Å²) in [6.07, 6.45) is 8.81. The van der Waals surface area contributed by atoms with Crippen LogP contribution in [0.5, 0.6) is 0 Å². The Bertz CT molecular complexity index is 577. The maximum atomic E-state index is 12.2. The molecule has 0 saturated carbocycles. The molecule has 2 aliphatic heterocycles. The van der Waals surface area contributed by atoms with Crippen LogP contribution in [0.2, 0.25) is 0 Å². The van der Waals surface area contributed by atoms with Gasteiger partial charge in [0.15, 0.2) is 0 Å². The van der Waals surface area contributed by atoms with Crippen molar-refractivity contribution in [3.63, 3.8) is 0 Å². The lowest BCUT2D eigenvalue weighted by Gasteiger charge is -2.31. The van der Waals surface area contributed by atoms with Gasteiger partial charge in [-0.2, -0.15) is 5.10 Å². The van der Waals surface area contributed by atoms with E-state index >= 15 is 0 Å². The van der Waals surface area contributed by atoms with Gasteiger partial charge in [-0.05, 0) is 56.7 Å². The van der Waals surface area contributed by atoms with Crippen molar-refractivity contribution in [2.24, 2.45) is 7.05 Å². The summed E-state index contributed by atoms with van der Waals surface area (Å²) in [5.74, 6) is 0.443. The number of nitrogens with zero attached hydrogens (tertiary/aromatic N) is 3. The Kier molecular flexibility index (Phi) is 5.50. The van der Waals surface area contributed by atoms with Crippen molar-refractivity contribution in [3.05, 3.63) is 18.0 Å². The third kappa shape index (κ3) is 4.35. The molecule has 1 unspecified atom stereocenters. The van der Waals surface area contributed by atoms with Gasteiger partial charge in [0, 0.05) is 19.8 Å². The SMILES string of the molecule is Cn1cc(C2CCN(CC(=O)NC3CCCCNC3=O)CC2)cn1. The van der Waals surface area contributed by atoms with Gasteiger partial charge in [-0.3, -0.25) is 19.2 Å². The largest absolute Gasteiger partial charge is 0.354 e. The predicted molar refractivity (Wildman–Crippen MR) is 90.4 cm³/mol. The first-order chi connectivity index (χ1) is 11.6. The summed E-state index contributed by atoms with van der Waals surface area (Å²) in [5.41, 5.74) is 1.29. The monoisotopic (exact) mass is 333 g/mol. The number of hydrogen-bond acceptors (Lipinski definition) is 4. The molecule has 1 atom stereocenters. The topological polar surface area (TPSA) is 79.3 Å². The van der Waals surface area contributed by atoms with E-state index in [9.17, 15) is 9.59 Å². The average Bonchev–Trinajstić information content (AvgIpc) is 2.90. The molecule has 2 aliphatic rings. The van der Waals surface area contributed by atoms with Crippen LogP contribution < -0.4 is 10.6 Å². The number of nitrogens with one attached hydrogen (secondary N) is 2. The summed E-state index contributed by atoms with van der Waals surface area (Å²) in [4.78, 5) is 26.3. The highest BCUT2D eigenvalue weighted by Gasteiger charge is 2.26. The van der Waals surface area contributed by atoms with Gasteiger partial charge in [-0.15, -0.1) is 0 Å². The molecule has 0 radical (unpaired) electrons. The van der Waals surface area contributed by atoms with Gasteiger partial charge in [0.25, 0.3) is 0 Å². The first-order valence-corrected chi connectivity index (χ1v) is 8.90. The van der Waals surface area contributed by atoms with Crippen LogP contribution in [0, 0.1) is 0 Å². The van der Waals surface area contributed by atoms with Gasteiger partial charge in [-0.25, -0.2) is 0 Å². The van der Waals surface area contributed by atoms with E-state index in [0.29, 0.717) is 19.0 Å². The summed E-state index contributed by atoms with van der Waals surface area (Å²) >= 11 is 0. The van der Waals surface area contributed by atoms with E-state index in [1.165, 1.54) is 5.56 Å². The molecule has 1 aromatic rings. The van der Waals surface area contributed by atoms with Crippen LogP contribution in [0.4, 0.5) is 0 Å². The first-order valence-electron chi connectivity index (χ1n) is 8.90. The van der Waals surface area contributed by atoms with E-state index in [-0.39, 0.29) is 17.9 Å². The molecule has 1 aromatic heterocycles. The number of aromatic nitrogens is 2. The number of likely N-dealkylation sites (tertiary alicyclic amines) is 1. The fourth-order valence-corrected chi connectivity index (χ4v) is 3.60. The molecule has 24 heavy (non-hydrogen) atoms. The van der Waals surface area contributed by atoms with Crippen LogP contribution >= 0.6 is 0 Å². The summed E-state index contributed by atoms with van der Waals surface area (Å²) in [6, 6.07) is -0.368. The zero-order valence-electron chi connectivity index (χ0n) is 14.3. The molecule has 0 spiro atoms. The molecule has 132 valence electrons. The smallest absolute Gasteiger partial charge is 0.242 e. The van der Waals surface area contributed by atoms with E-state index in [1.807, 2.05) is 17.9 Å². The zero-order valence-corrected chi connectivity index (χ0v) is 14.3. The Hall–Kier alpha value is -1.89. The van der Waals surface area contributed by atoms with Crippen LogP contribution in [-0.2, 0) is 16.6 Å². The lowest BCUT2D eigenvalue weighted by atomic mass is 9.91. The van der Waals surface area contributed by atoms with Crippen LogP contribution in [0.25, 0.3) is 0 Å². The Morgan fingerprint density at radius 2 is 2.12 bits per heavy atom. The Morgan fingerprint density at radius 3 is 2.83 bits per heavy atom. The molecule has 0 aromatic carbocycles. The Morgan fingerprint density at radius 1 is 1.33 bits per heavy atom. The highest BCUT2D eigenvalue weighted by atomic mass is 16.2. The van der Waals surface area contributed by atoms with E-state index in [1.54, 1.807) is 0 Å². The number of rotatable bonds is 4. The van der Waals surface area contributed by atoms with E-state index in [4.69, 9.17) is 0 Å². The van der Waals surface area contributed by atoms with Crippen molar-refractivity contribution in [1.82, 2.24) is 25.3 Å². The van der Waals surface area contributed by atoms with Gasteiger partial charge in [0.1, 0.15) is 6.04 Å². The normalized spacial score (nSPS) is 23.5. The molecule has 3 rings (SSSR count). The number of aryl methyl sites for hydroxylation is 1. The first kappa shape index (κ1) is 17.0. The summed E-state index contributed by atoms with van der Waals surface area (Å²) in [6.45, 7) is 2.91. The van der Waals surface area contributed by atoms with E-state index in [0.717, 1.165) is 45.2 Å². The highest BCUT2D eigenvalue weighted by molar-refractivity contribution is 5.88. The molecule has 2 amide bonds. The van der Waals surface area contributed by atoms with Crippen molar-refractivity contribution >= 4 is 11.8 Å². The molecule has 7 heteroatoms. The second kappa shape index (κ2) is 7.79. The van der Waals surface area contributed by atoms with Crippen LogP contribution in [0.3, 0.4) is 0 Å².